The Morgan fingerprint density at radius 3 is 2.69 bits per heavy atom. The Morgan fingerprint density at radius 1 is 1.19 bits per heavy atom. The third kappa shape index (κ3) is 3.11. The second-order valence-electron chi connectivity index (χ2n) is 8.02. The molecule has 1 unspecified atom stereocenters. The minimum Gasteiger partial charge on any atom is -0.337 e. The number of amides is 1. The molecule has 26 heavy (non-hydrogen) atoms. The summed E-state index contributed by atoms with van der Waals surface area (Å²) in [6, 6.07) is 2.67. The summed E-state index contributed by atoms with van der Waals surface area (Å²) in [4.78, 5) is 22.6. The molecule has 140 valence electrons. The van der Waals surface area contributed by atoms with Crippen molar-refractivity contribution in [3.05, 3.63) is 23.5 Å². The maximum absolute atomic E-state index is 13.3. The van der Waals surface area contributed by atoms with Crippen molar-refractivity contribution in [2.24, 2.45) is 0 Å². The second kappa shape index (κ2) is 6.99. The van der Waals surface area contributed by atoms with E-state index in [1.807, 2.05) is 22.6 Å². The Balaban J connectivity index is 1.63. The van der Waals surface area contributed by atoms with Crippen LogP contribution in [0.3, 0.4) is 0 Å². The van der Waals surface area contributed by atoms with Gasteiger partial charge in [-0.05, 0) is 65.6 Å². The summed E-state index contributed by atoms with van der Waals surface area (Å²) in [7, 11) is 0. The van der Waals surface area contributed by atoms with Gasteiger partial charge in [0.2, 0.25) is 0 Å². The van der Waals surface area contributed by atoms with Gasteiger partial charge in [-0.3, -0.25) is 9.69 Å². The molecule has 1 amide bonds. The highest BCUT2D eigenvalue weighted by molar-refractivity contribution is 6.05. The zero-order chi connectivity index (χ0) is 18.3. The third-order valence-corrected chi connectivity index (χ3v) is 5.76. The summed E-state index contributed by atoms with van der Waals surface area (Å²) < 4.78 is 1.91. The van der Waals surface area contributed by atoms with Gasteiger partial charge in [0.05, 0.1) is 17.1 Å². The molecule has 6 heteroatoms. The number of pyridine rings is 1. The minimum atomic E-state index is 0.132. The highest BCUT2D eigenvalue weighted by Gasteiger charge is 2.30. The van der Waals surface area contributed by atoms with E-state index in [0.717, 1.165) is 41.8 Å². The molecule has 0 aliphatic carbocycles. The van der Waals surface area contributed by atoms with Gasteiger partial charge in [0.15, 0.2) is 5.65 Å². The highest BCUT2D eigenvalue weighted by Crippen LogP contribution is 2.25. The van der Waals surface area contributed by atoms with Crippen molar-refractivity contribution in [2.75, 3.05) is 26.2 Å². The van der Waals surface area contributed by atoms with Crippen LogP contribution >= 0.6 is 0 Å². The van der Waals surface area contributed by atoms with E-state index in [0.29, 0.717) is 6.04 Å². The highest BCUT2D eigenvalue weighted by atomic mass is 16.2. The SMILES string of the molecule is Cc1cc(C(=O)N2CCCC(N3CCCC3)C2)c2cnn(C(C)C)c2n1. The lowest BCUT2D eigenvalue weighted by molar-refractivity contribution is 0.0609. The molecule has 2 aromatic heterocycles. The Hall–Kier alpha value is -1.95. The molecular formula is C20H29N5O. The monoisotopic (exact) mass is 355 g/mol. The van der Waals surface area contributed by atoms with Gasteiger partial charge >= 0.3 is 0 Å². The quantitative estimate of drug-likeness (QED) is 0.849. The first-order chi connectivity index (χ1) is 12.5. The molecule has 2 aliphatic rings. The number of hydrogen-bond acceptors (Lipinski definition) is 4. The number of likely N-dealkylation sites (tertiary alicyclic amines) is 2. The normalized spacial score (nSPS) is 21.8. The van der Waals surface area contributed by atoms with Crippen molar-refractivity contribution in [2.45, 2.75) is 58.5 Å². The van der Waals surface area contributed by atoms with Crippen LogP contribution in [0.2, 0.25) is 0 Å². The van der Waals surface area contributed by atoms with E-state index in [9.17, 15) is 4.79 Å². The maximum atomic E-state index is 13.3. The molecule has 4 heterocycles. The van der Waals surface area contributed by atoms with Crippen molar-refractivity contribution in [1.82, 2.24) is 24.6 Å². The molecule has 0 aromatic carbocycles. The second-order valence-corrected chi connectivity index (χ2v) is 8.02. The number of piperidine rings is 1. The topological polar surface area (TPSA) is 54.3 Å². The van der Waals surface area contributed by atoms with E-state index >= 15 is 0 Å². The number of aryl methyl sites for hydroxylation is 1. The molecule has 2 aliphatic heterocycles. The smallest absolute Gasteiger partial charge is 0.254 e. The van der Waals surface area contributed by atoms with Crippen LogP contribution < -0.4 is 0 Å². The minimum absolute atomic E-state index is 0.132. The fourth-order valence-corrected chi connectivity index (χ4v) is 4.41. The number of hydrogen-bond donors (Lipinski definition) is 0. The average molecular weight is 355 g/mol. The van der Waals surface area contributed by atoms with Gasteiger partial charge < -0.3 is 4.90 Å². The molecule has 0 spiro atoms. The molecule has 0 saturated carbocycles. The van der Waals surface area contributed by atoms with Crippen LogP contribution in [0.1, 0.15) is 61.6 Å². The molecule has 2 saturated heterocycles. The fourth-order valence-electron chi connectivity index (χ4n) is 4.41. The molecule has 2 fully saturated rings. The van der Waals surface area contributed by atoms with Crippen LogP contribution in [0.15, 0.2) is 12.3 Å². The van der Waals surface area contributed by atoms with Crippen molar-refractivity contribution in [3.63, 3.8) is 0 Å². The van der Waals surface area contributed by atoms with E-state index < -0.39 is 0 Å². The molecule has 2 aromatic rings. The van der Waals surface area contributed by atoms with E-state index in [2.05, 4.69) is 28.8 Å². The number of rotatable bonds is 3. The van der Waals surface area contributed by atoms with E-state index in [1.54, 1.807) is 6.20 Å². The molecule has 0 bridgehead atoms. The first kappa shape index (κ1) is 17.5. The van der Waals surface area contributed by atoms with Crippen molar-refractivity contribution < 1.29 is 4.79 Å². The van der Waals surface area contributed by atoms with Gasteiger partial charge in [0.25, 0.3) is 5.91 Å². The predicted molar refractivity (Wildman–Crippen MR) is 102 cm³/mol. The standard InChI is InChI=1S/C20H29N5O/c1-14(2)25-19-18(12-21-25)17(11-15(3)22-19)20(26)24-10-6-7-16(13-24)23-8-4-5-9-23/h11-12,14,16H,4-10,13H2,1-3H3. The van der Waals surface area contributed by atoms with Gasteiger partial charge in [-0.15, -0.1) is 0 Å². The zero-order valence-corrected chi connectivity index (χ0v) is 16.1. The van der Waals surface area contributed by atoms with Crippen molar-refractivity contribution in [3.8, 4) is 0 Å². The Labute approximate surface area is 155 Å². The summed E-state index contributed by atoms with van der Waals surface area (Å²) in [6.07, 6.45) is 6.69. The first-order valence-corrected chi connectivity index (χ1v) is 9.93. The van der Waals surface area contributed by atoms with Crippen LogP contribution in [0.4, 0.5) is 0 Å². The summed E-state index contributed by atoms with van der Waals surface area (Å²) in [5.74, 6) is 0.132. The van der Waals surface area contributed by atoms with Crippen molar-refractivity contribution in [1.29, 1.82) is 0 Å². The summed E-state index contributed by atoms with van der Waals surface area (Å²) in [5, 5.41) is 5.35. The fraction of sp³-hybridized carbons (Fsp3) is 0.650. The number of carbonyl (C=O) groups excluding carboxylic acids is 1. The van der Waals surface area contributed by atoms with E-state index in [4.69, 9.17) is 0 Å². The first-order valence-electron chi connectivity index (χ1n) is 9.93. The lowest BCUT2D eigenvalue weighted by Crippen LogP contribution is -2.49. The van der Waals surface area contributed by atoms with Gasteiger partial charge in [-0.2, -0.15) is 5.10 Å². The van der Waals surface area contributed by atoms with Gasteiger partial charge in [0.1, 0.15) is 0 Å². The number of aromatic nitrogens is 3. The van der Waals surface area contributed by atoms with Crippen LogP contribution in [0, 0.1) is 6.92 Å². The van der Waals surface area contributed by atoms with E-state index in [1.165, 1.54) is 32.4 Å². The zero-order valence-electron chi connectivity index (χ0n) is 16.1. The molecule has 0 N–H and O–H groups in total. The van der Waals surface area contributed by atoms with E-state index in [-0.39, 0.29) is 11.9 Å². The largest absolute Gasteiger partial charge is 0.337 e. The summed E-state index contributed by atoms with van der Waals surface area (Å²) >= 11 is 0. The molecule has 0 radical (unpaired) electrons. The van der Waals surface area contributed by atoms with Crippen LogP contribution in [0.25, 0.3) is 11.0 Å². The molecule has 6 nitrogen and oxygen atoms in total. The number of carbonyl (C=O) groups is 1. The van der Waals surface area contributed by atoms with Gasteiger partial charge in [0, 0.05) is 30.9 Å². The van der Waals surface area contributed by atoms with Gasteiger partial charge in [-0.1, -0.05) is 0 Å². The average Bonchev–Trinajstić information content (AvgIpc) is 3.30. The Bertz CT molecular complexity index is 806. The third-order valence-electron chi connectivity index (χ3n) is 5.76. The van der Waals surface area contributed by atoms with Crippen molar-refractivity contribution >= 4 is 16.9 Å². The Kier molecular flexibility index (Phi) is 4.69. The predicted octanol–water partition coefficient (Wildman–Crippen LogP) is 3.02. The van der Waals surface area contributed by atoms with Crippen LogP contribution in [-0.2, 0) is 0 Å². The van der Waals surface area contributed by atoms with Crippen LogP contribution in [0.5, 0.6) is 0 Å². The molecule has 4 rings (SSSR count). The lowest BCUT2D eigenvalue weighted by atomic mass is 10.0. The maximum Gasteiger partial charge on any atom is 0.254 e. The molecule has 1 atom stereocenters. The number of fused-ring (bicyclic) bond motifs is 1. The lowest BCUT2D eigenvalue weighted by Gasteiger charge is -2.37. The Morgan fingerprint density at radius 2 is 1.96 bits per heavy atom. The summed E-state index contributed by atoms with van der Waals surface area (Å²) in [6.45, 7) is 10.2. The summed E-state index contributed by atoms with van der Waals surface area (Å²) in [5.41, 5.74) is 2.44. The molecular weight excluding hydrogens is 326 g/mol. The van der Waals surface area contributed by atoms with Gasteiger partial charge in [-0.25, -0.2) is 9.67 Å². The number of nitrogens with zero attached hydrogens (tertiary/aromatic N) is 5. The van der Waals surface area contributed by atoms with Crippen LogP contribution in [-0.4, -0.2) is 62.7 Å².